The fourth-order valence-electron chi connectivity index (χ4n) is 4.97. The summed E-state index contributed by atoms with van der Waals surface area (Å²) >= 11 is 0. The summed E-state index contributed by atoms with van der Waals surface area (Å²) in [5.74, 6) is 2.23. The van der Waals surface area contributed by atoms with E-state index in [1.807, 2.05) is 44.4 Å². The van der Waals surface area contributed by atoms with Gasteiger partial charge in [-0.25, -0.2) is 28.1 Å². The van der Waals surface area contributed by atoms with Gasteiger partial charge in [0.1, 0.15) is 28.9 Å². The zero-order valence-electron chi connectivity index (χ0n) is 22.9. The molecule has 0 bridgehead atoms. The van der Waals surface area contributed by atoms with Gasteiger partial charge < -0.3 is 19.7 Å². The van der Waals surface area contributed by atoms with Crippen molar-refractivity contribution in [2.24, 2.45) is 0 Å². The van der Waals surface area contributed by atoms with Gasteiger partial charge in [0.2, 0.25) is 0 Å². The van der Waals surface area contributed by atoms with E-state index in [0.717, 1.165) is 78.4 Å². The van der Waals surface area contributed by atoms with E-state index < -0.39 is 11.0 Å². The number of benzene rings is 1. The van der Waals surface area contributed by atoms with Crippen LogP contribution < -0.4 is 15.0 Å². The topological polar surface area (TPSA) is 107 Å². The lowest BCUT2D eigenvalue weighted by Crippen LogP contribution is -2.37. The van der Waals surface area contributed by atoms with E-state index in [0.29, 0.717) is 24.1 Å². The molecule has 1 aliphatic rings. The van der Waals surface area contributed by atoms with Gasteiger partial charge in [0.05, 0.1) is 12.3 Å². The van der Waals surface area contributed by atoms with Crippen molar-refractivity contribution in [3.63, 3.8) is 0 Å². The highest BCUT2D eigenvalue weighted by molar-refractivity contribution is 7.82. The number of fused-ring (bicyclic) bond motifs is 1. The third kappa shape index (κ3) is 5.80. The number of hydrogen-bond acceptors (Lipinski definition) is 9. The van der Waals surface area contributed by atoms with Crippen molar-refractivity contribution in [3.05, 3.63) is 48.5 Å². The second kappa shape index (κ2) is 12.2. The maximum atomic E-state index is 12.6. The Morgan fingerprint density at radius 2 is 2.08 bits per heavy atom. The van der Waals surface area contributed by atoms with Crippen LogP contribution in [0.2, 0.25) is 0 Å². The molecule has 5 rings (SSSR count). The molecular weight excluding hydrogens is 514 g/mol. The minimum atomic E-state index is -1.29. The Bertz CT molecular complexity index is 1470. The first-order valence-corrected chi connectivity index (χ1v) is 14.7. The quantitative estimate of drug-likeness (QED) is 0.297. The Hall–Kier alpha value is -3.41. The van der Waals surface area contributed by atoms with Crippen molar-refractivity contribution in [1.82, 2.24) is 29.2 Å². The van der Waals surface area contributed by atoms with Crippen molar-refractivity contribution in [1.29, 1.82) is 0 Å². The van der Waals surface area contributed by atoms with Crippen LogP contribution in [-0.4, -0.2) is 80.9 Å². The fraction of sp³-hybridized carbons (Fsp3) is 0.429. The molecule has 0 spiro atoms. The second-order valence-corrected chi connectivity index (χ2v) is 10.9. The molecule has 3 aromatic heterocycles. The average Bonchev–Trinajstić information content (AvgIpc) is 3.36. The molecule has 0 saturated carbocycles. The number of ether oxygens (including phenoxy) is 2. The first-order chi connectivity index (χ1) is 19.0. The van der Waals surface area contributed by atoms with Gasteiger partial charge in [0.25, 0.3) is 0 Å². The normalized spacial score (nSPS) is 15.0. The molecule has 10 nitrogen and oxygen atoms in total. The minimum Gasteiger partial charge on any atom is -0.494 e. The van der Waals surface area contributed by atoms with Gasteiger partial charge in [-0.3, -0.25) is 0 Å². The highest BCUT2D eigenvalue weighted by Gasteiger charge is 2.25. The van der Waals surface area contributed by atoms with Crippen LogP contribution in [0.4, 0.5) is 5.82 Å². The third-order valence-corrected chi connectivity index (χ3v) is 7.93. The molecule has 1 aliphatic heterocycles. The SMILES string of the molecule is CNCCCOc1cccc(-c2nc(-c3cn(S(C)=O)c4ncncc34)c(C)c(N(C)C3CCOCC3)n2)c1. The van der Waals surface area contributed by atoms with Crippen LogP contribution in [0.25, 0.3) is 33.7 Å². The van der Waals surface area contributed by atoms with Crippen LogP contribution in [0.1, 0.15) is 24.8 Å². The molecule has 206 valence electrons. The van der Waals surface area contributed by atoms with E-state index in [-0.39, 0.29) is 0 Å². The van der Waals surface area contributed by atoms with E-state index in [9.17, 15) is 4.21 Å². The van der Waals surface area contributed by atoms with Gasteiger partial charge >= 0.3 is 0 Å². The predicted molar refractivity (Wildman–Crippen MR) is 154 cm³/mol. The molecule has 1 saturated heterocycles. The number of nitrogens with zero attached hydrogens (tertiary/aromatic N) is 6. The zero-order chi connectivity index (χ0) is 27.4. The lowest BCUT2D eigenvalue weighted by molar-refractivity contribution is 0.0853. The summed E-state index contributed by atoms with van der Waals surface area (Å²) in [7, 11) is 2.73. The van der Waals surface area contributed by atoms with E-state index in [4.69, 9.17) is 19.4 Å². The van der Waals surface area contributed by atoms with Gasteiger partial charge in [-0.15, -0.1) is 0 Å². The summed E-state index contributed by atoms with van der Waals surface area (Å²) in [5.41, 5.74) is 4.00. The number of anilines is 1. The van der Waals surface area contributed by atoms with Gasteiger partial charge in [0.15, 0.2) is 11.5 Å². The van der Waals surface area contributed by atoms with Crippen molar-refractivity contribution in [3.8, 4) is 28.4 Å². The number of nitrogens with one attached hydrogen (secondary N) is 1. The van der Waals surface area contributed by atoms with E-state index in [1.165, 1.54) is 6.33 Å². The molecule has 0 amide bonds. The molecule has 4 aromatic rings. The van der Waals surface area contributed by atoms with Gasteiger partial charge in [-0.1, -0.05) is 12.1 Å². The van der Waals surface area contributed by atoms with E-state index in [2.05, 4.69) is 27.2 Å². The van der Waals surface area contributed by atoms with Crippen molar-refractivity contribution < 1.29 is 13.7 Å². The summed E-state index contributed by atoms with van der Waals surface area (Å²) < 4.78 is 25.8. The number of aromatic nitrogens is 5. The van der Waals surface area contributed by atoms with Gasteiger partial charge in [-0.2, -0.15) is 0 Å². The average molecular weight is 550 g/mol. The Balaban J connectivity index is 1.64. The van der Waals surface area contributed by atoms with Crippen molar-refractivity contribution in [2.75, 3.05) is 51.6 Å². The summed E-state index contributed by atoms with van der Waals surface area (Å²) in [5, 5.41) is 3.93. The molecule has 39 heavy (non-hydrogen) atoms. The third-order valence-electron chi connectivity index (χ3n) is 7.09. The molecular formula is C28H35N7O3S. The monoisotopic (exact) mass is 549 g/mol. The van der Waals surface area contributed by atoms with E-state index >= 15 is 0 Å². The largest absolute Gasteiger partial charge is 0.494 e. The standard InChI is InChI=1S/C28H35N7O3S/c1-19-25(24-17-35(39(4)36)28-23(24)16-30-18-31-28)32-26(33-27(19)34(3)21-9-13-37-14-10-21)20-7-5-8-22(15-20)38-12-6-11-29-2/h5,7-8,15-18,21,29H,6,9-14H2,1-4H3. The first-order valence-electron chi connectivity index (χ1n) is 13.2. The highest BCUT2D eigenvalue weighted by atomic mass is 32.2. The van der Waals surface area contributed by atoms with Gasteiger partial charge in [0, 0.05) is 67.0 Å². The van der Waals surface area contributed by atoms with Crippen LogP contribution in [0.3, 0.4) is 0 Å². The summed E-state index contributed by atoms with van der Waals surface area (Å²) in [6, 6.07) is 8.21. The Morgan fingerprint density at radius 3 is 2.85 bits per heavy atom. The molecule has 1 fully saturated rings. The van der Waals surface area contributed by atoms with Gasteiger partial charge in [-0.05, 0) is 51.9 Å². The summed E-state index contributed by atoms with van der Waals surface area (Å²) in [6.45, 7) is 5.03. The summed E-state index contributed by atoms with van der Waals surface area (Å²) in [6.07, 6.45) is 9.50. The molecule has 1 N–H and O–H groups in total. The smallest absolute Gasteiger partial charge is 0.162 e. The summed E-state index contributed by atoms with van der Waals surface area (Å²) in [4.78, 5) is 21.1. The molecule has 0 radical (unpaired) electrons. The van der Waals surface area contributed by atoms with E-state index in [1.54, 1.807) is 16.4 Å². The number of hydrogen-bond donors (Lipinski definition) is 1. The van der Waals surface area contributed by atoms with Crippen molar-refractivity contribution in [2.45, 2.75) is 32.2 Å². The molecule has 0 aliphatic carbocycles. The minimum absolute atomic E-state index is 0.308. The highest BCUT2D eigenvalue weighted by Crippen LogP contribution is 2.36. The fourth-order valence-corrected chi connectivity index (χ4v) is 5.61. The zero-order valence-corrected chi connectivity index (χ0v) is 23.7. The van der Waals surface area contributed by atoms with Crippen LogP contribution in [0.15, 0.2) is 43.0 Å². The molecule has 1 unspecified atom stereocenters. The molecule has 1 aromatic carbocycles. The molecule has 4 heterocycles. The second-order valence-electron chi connectivity index (χ2n) is 9.68. The lowest BCUT2D eigenvalue weighted by atomic mass is 10.0. The van der Waals surface area contributed by atoms with Crippen LogP contribution in [0, 0.1) is 6.92 Å². The molecule has 11 heteroatoms. The maximum Gasteiger partial charge on any atom is 0.162 e. The maximum absolute atomic E-state index is 12.6. The van der Waals surface area contributed by atoms with Crippen molar-refractivity contribution >= 4 is 27.8 Å². The molecule has 1 atom stereocenters. The van der Waals surface area contributed by atoms with Crippen LogP contribution >= 0.6 is 0 Å². The Morgan fingerprint density at radius 1 is 1.26 bits per heavy atom. The van der Waals surface area contributed by atoms with Crippen LogP contribution in [0.5, 0.6) is 5.75 Å². The first kappa shape index (κ1) is 27.2. The lowest BCUT2D eigenvalue weighted by Gasteiger charge is -2.33. The Labute approximate surface area is 231 Å². The Kier molecular flexibility index (Phi) is 8.49. The number of rotatable bonds is 10. The van der Waals surface area contributed by atoms with Crippen LogP contribution in [-0.2, 0) is 15.7 Å². The predicted octanol–water partition coefficient (Wildman–Crippen LogP) is 3.61.